The second kappa shape index (κ2) is 5.14. The lowest BCUT2D eigenvalue weighted by Crippen LogP contribution is -2.41. The fraction of sp³-hybridized carbons (Fsp3) is 0.500. The van der Waals surface area contributed by atoms with Crippen molar-refractivity contribution in [2.45, 2.75) is 18.9 Å². The number of nitrogens with two attached hydrogens (primary N) is 1. The van der Waals surface area contributed by atoms with Crippen molar-refractivity contribution in [2.24, 2.45) is 11.7 Å². The van der Waals surface area contributed by atoms with Crippen LogP contribution in [0.4, 0.5) is 0 Å². The molecule has 1 aliphatic carbocycles. The normalized spacial score (nSPS) is 16.4. The number of carbonyl (C=O) groups is 1. The number of amides is 1. The number of nitrogens with one attached hydrogen (secondary N) is 1. The summed E-state index contributed by atoms with van der Waals surface area (Å²) in [5.41, 5.74) is 6.10. The lowest BCUT2D eigenvalue weighted by molar-refractivity contribution is 0.0929. The molecule has 0 spiro atoms. The van der Waals surface area contributed by atoms with Crippen LogP contribution in [0.3, 0.4) is 0 Å². The highest BCUT2D eigenvalue weighted by Crippen LogP contribution is 2.32. The quantitative estimate of drug-likeness (QED) is 0.781. The maximum Gasteiger partial charge on any atom is 0.257 e. The Hall–Kier alpha value is -1.62. The van der Waals surface area contributed by atoms with Crippen LogP contribution in [-0.4, -0.2) is 30.6 Å². The lowest BCUT2D eigenvalue weighted by atomic mass is 10.1. The summed E-state index contributed by atoms with van der Waals surface area (Å²) in [4.78, 5) is 16.0. The average molecular weight is 235 g/mol. The molecule has 0 radical (unpaired) electrons. The van der Waals surface area contributed by atoms with Crippen molar-refractivity contribution in [3.63, 3.8) is 0 Å². The Labute approximate surface area is 100 Å². The maximum absolute atomic E-state index is 12.0. The number of aromatic nitrogens is 1. The van der Waals surface area contributed by atoms with Gasteiger partial charge in [-0.15, -0.1) is 0 Å². The molecule has 1 aliphatic rings. The number of pyridine rings is 1. The molecule has 1 atom stereocenters. The zero-order chi connectivity index (χ0) is 12.3. The number of ether oxygens (including phenoxy) is 1. The van der Waals surface area contributed by atoms with E-state index in [1.54, 1.807) is 18.3 Å². The van der Waals surface area contributed by atoms with Crippen molar-refractivity contribution in [3.05, 3.63) is 23.9 Å². The van der Waals surface area contributed by atoms with Crippen LogP contribution in [-0.2, 0) is 0 Å². The third-order valence-electron chi connectivity index (χ3n) is 2.97. The van der Waals surface area contributed by atoms with Gasteiger partial charge in [0.15, 0.2) is 0 Å². The summed E-state index contributed by atoms with van der Waals surface area (Å²) in [7, 11) is 1.50. The standard InChI is InChI=1S/C12H17N3O2/c1-17-12-9(3-2-6-14-12)11(16)15-10(7-13)8-4-5-8/h2-3,6,8,10H,4-5,7,13H2,1H3,(H,15,16). The summed E-state index contributed by atoms with van der Waals surface area (Å²) in [5, 5.41) is 2.94. The predicted molar refractivity (Wildman–Crippen MR) is 63.8 cm³/mol. The van der Waals surface area contributed by atoms with Crippen LogP contribution < -0.4 is 15.8 Å². The van der Waals surface area contributed by atoms with Gasteiger partial charge in [0, 0.05) is 18.8 Å². The van der Waals surface area contributed by atoms with E-state index in [0.29, 0.717) is 23.9 Å². The van der Waals surface area contributed by atoms with E-state index in [1.807, 2.05) is 0 Å². The van der Waals surface area contributed by atoms with Gasteiger partial charge in [-0.25, -0.2) is 4.98 Å². The summed E-state index contributed by atoms with van der Waals surface area (Å²) in [5.74, 6) is 0.709. The van der Waals surface area contributed by atoms with Gasteiger partial charge in [0.25, 0.3) is 5.91 Å². The smallest absolute Gasteiger partial charge is 0.257 e. The van der Waals surface area contributed by atoms with Crippen LogP contribution in [0.2, 0.25) is 0 Å². The third-order valence-corrected chi connectivity index (χ3v) is 2.97. The minimum absolute atomic E-state index is 0.0624. The van der Waals surface area contributed by atoms with Gasteiger partial charge in [-0.05, 0) is 30.9 Å². The second-order valence-corrected chi connectivity index (χ2v) is 4.21. The molecule has 1 amide bonds. The zero-order valence-corrected chi connectivity index (χ0v) is 9.85. The number of rotatable bonds is 5. The van der Waals surface area contributed by atoms with Gasteiger partial charge < -0.3 is 15.8 Å². The Balaban J connectivity index is 2.07. The molecule has 0 bridgehead atoms. The highest BCUT2D eigenvalue weighted by molar-refractivity contribution is 5.96. The van der Waals surface area contributed by atoms with Gasteiger partial charge in [0.1, 0.15) is 5.56 Å². The van der Waals surface area contributed by atoms with Gasteiger partial charge in [-0.3, -0.25) is 4.79 Å². The molecule has 0 saturated heterocycles. The fourth-order valence-corrected chi connectivity index (χ4v) is 1.84. The molecule has 1 saturated carbocycles. The monoisotopic (exact) mass is 235 g/mol. The van der Waals surface area contributed by atoms with Gasteiger partial charge in [0.05, 0.1) is 7.11 Å². The highest BCUT2D eigenvalue weighted by Gasteiger charge is 2.31. The minimum Gasteiger partial charge on any atom is -0.480 e. The van der Waals surface area contributed by atoms with Crippen LogP contribution >= 0.6 is 0 Å². The Morgan fingerprint density at radius 1 is 1.71 bits per heavy atom. The van der Waals surface area contributed by atoms with Gasteiger partial charge in [-0.2, -0.15) is 0 Å². The number of methoxy groups -OCH3 is 1. The summed E-state index contributed by atoms with van der Waals surface area (Å²) in [6.07, 6.45) is 3.88. The molecule has 5 heteroatoms. The van der Waals surface area contributed by atoms with E-state index in [1.165, 1.54) is 7.11 Å². The molecule has 1 aromatic rings. The Kier molecular flexibility index (Phi) is 3.58. The summed E-state index contributed by atoms with van der Waals surface area (Å²) >= 11 is 0. The Morgan fingerprint density at radius 3 is 3.06 bits per heavy atom. The Bertz CT molecular complexity index is 404. The largest absolute Gasteiger partial charge is 0.480 e. The summed E-state index contributed by atoms with van der Waals surface area (Å²) in [6.45, 7) is 0.471. The maximum atomic E-state index is 12.0. The first kappa shape index (κ1) is 11.9. The van der Waals surface area contributed by atoms with Gasteiger partial charge >= 0.3 is 0 Å². The van der Waals surface area contributed by atoms with Crippen LogP contribution in [0.15, 0.2) is 18.3 Å². The highest BCUT2D eigenvalue weighted by atomic mass is 16.5. The molecule has 2 rings (SSSR count). The molecule has 3 N–H and O–H groups in total. The Morgan fingerprint density at radius 2 is 2.47 bits per heavy atom. The van der Waals surface area contributed by atoms with Crippen LogP contribution in [0.25, 0.3) is 0 Å². The van der Waals surface area contributed by atoms with Crippen molar-refractivity contribution in [1.82, 2.24) is 10.3 Å². The molecule has 1 unspecified atom stereocenters. The first-order valence-corrected chi connectivity index (χ1v) is 5.76. The van der Waals surface area contributed by atoms with Gasteiger partial charge in [-0.1, -0.05) is 0 Å². The van der Waals surface area contributed by atoms with Crippen molar-refractivity contribution in [1.29, 1.82) is 0 Å². The topological polar surface area (TPSA) is 77.2 Å². The van der Waals surface area contributed by atoms with Gasteiger partial charge in [0.2, 0.25) is 5.88 Å². The molecule has 17 heavy (non-hydrogen) atoms. The van der Waals surface area contributed by atoms with E-state index in [2.05, 4.69) is 10.3 Å². The number of hydrogen-bond donors (Lipinski definition) is 2. The van der Waals surface area contributed by atoms with E-state index < -0.39 is 0 Å². The molecular formula is C12H17N3O2. The molecular weight excluding hydrogens is 218 g/mol. The molecule has 1 heterocycles. The molecule has 5 nitrogen and oxygen atoms in total. The molecule has 0 aromatic carbocycles. The molecule has 1 fully saturated rings. The zero-order valence-electron chi connectivity index (χ0n) is 9.85. The minimum atomic E-state index is -0.169. The van der Waals surface area contributed by atoms with E-state index in [4.69, 9.17) is 10.5 Å². The van der Waals surface area contributed by atoms with E-state index in [0.717, 1.165) is 12.8 Å². The van der Waals surface area contributed by atoms with Crippen molar-refractivity contribution in [2.75, 3.05) is 13.7 Å². The molecule has 92 valence electrons. The predicted octanol–water partition coefficient (Wildman–Crippen LogP) is 0.557. The molecule has 1 aromatic heterocycles. The third kappa shape index (κ3) is 2.74. The van der Waals surface area contributed by atoms with Crippen molar-refractivity contribution < 1.29 is 9.53 Å². The first-order chi connectivity index (χ1) is 8.26. The fourth-order valence-electron chi connectivity index (χ4n) is 1.84. The van der Waals surface area contributed by atoms with Crippen LogP contribution in [0.5, 0.6) is 5.88 Å². The van der Waals surface area contributed by atoms with E-state index in [9.17, 15) is 4.79 Å². The van der Waals surface area contributed by atoms with Crippen molar-refractivity contribution in [3.8, 4) is 5.88 Å². The SMILES string of the molecule is COc1ncccc1C(=O)NC(CN)C1CC1. The van der Waals surface area contributed by atoms with E-state index in [-0.39, 0.29) is 11.9 Å². The number of carbonyl (C=O) groups excluding carboxylic acids is 1. The first-order valence-electron chi connectivity index (χ1n) is 5.76. The number of nitrogens with zero attached hydrogens (tertiary/aromatic N) is 1. The molecule has 0 aliphatic heterocycles. The summed E-state index contributed by atoms with van der Waals surface area (Å²) < 4.78 is 5.05. The number of hydrogen-bond acceptors (Lipinski definition) is 4. The summed E-state index contributed by atoms with van der Waals surface area (Å²) in [6, 6.07) is 3.47. The second-order valence-electron chi connectivity index (χ2n) is 4.21. The average Bonchev–Trinajstić information content (AvgIpc) is 3.19. The lowest BCUT2D eigenvalue weighted by Gasteiger charge is -2.16. The van der Waals surface area contributed by atoms with Crippen LogP contribution in [0.1, 0.15) is 23.2 Å². The van der Waals surface area contributed by atoms with Crippen LogP contribution in [0, 0.1) is 5.92 Å². The van der Waals surface area contributed by atoms with Crippen molar-refractivity contribution >= 4 is 5.91 Å². The van der Waals surface area contributed by atoms with E-state index >= 15 is 0 Å².